The summed E-state index contributed by atoms with van der Waals surface area (Å²) in [4.78, 5) is 30.4. The summed E-state index contributed by atoms with van der Waals surface area (Å²) in [5, 5.41) is 0.424. The van der Waals surface area contributed by atoms with E-state index in [0.29, 0.717) is 27.7 Å². The van der Waals surface area contributed by atoms with Crippen LogP contribution in [0.25, 0.3) is 22.6 Å². The molecule has 27 heavy (non-hydrogen) atoms. The molecule has 4 rings (SSSR count). The van der Waals surface area contributed by atoms with E-state index in [1.54, 1.807) is 25.1 Å². The third kappa shape index (κ3) is 3.28. The molecule has 1 atom stereocenters. The van der Waals surface area contributed by atoms with Gasteiger partial charge in [-0.3, -0.25) is 9.59 Å². The highest BCUT2D eigenvalue weighted by Crippen LogP contribution is 2.35. The highest BCUT2D eigenvalue weighted by Gasteiger charge is 2.37. The Balaban J connectivity index is 1.66. The molecule has 0 unspecified atom stereocenters. The van der Waals surface area contributed by atoms with Gasteiger partial charge in [0, 0.05) is 18.5 Å². The van der Waals surface area contributed by atoms with Gasteiger partial charge in [0.1, 0.15) is 5.52 Å². The van der Waals surface area contributed by atoms with Gasteiger partial charge in [0.25, 0.3) is 0 Å². The van der Waals surface area contributed by atoms with E-state index in [-0.39, 0.29) is 31.4 Å². The van der Waals surface area contributed by atoms with Crippen LogP contribution in [0.3, 0.4) is 0 Å². The van der Waals surface area contributed by atoms with Crippen molar-refractivity contribution in [3.63, 3.8) is 0 Å². The van der Waals surface area contributed by atoms with Crippen LogP contribution in [0.2, 0.25) is 5.02 Å². The lowest BCUT2D eigenvalue weighted by Gasteiger charge is -2.18. The molecule has 0 saturated carbocycles. The summed E-state index contributed by atoms with van der Waals surface area (Å²) >= 11 is 6.34. The van der Waals surface area contributed by atoms with Gasteiger partial charge >= 0.3 is 5.97 Å². The first-order valence-corrected chi connectivity index (χ1v) is 9.07. The molecule has 1 saturated heterocycles. The molecule has 6 nitrogen and oxygen atoms in total. The smallest absolute Gasteiger partial charge is 0.311 e. The molecule has 1 aliphatic heterocycles. The zero-order valence-corrected chi connectivity index (χ0v) is 15.4. The minimum atomic E-state index is -0.485. The molecule has 0 aliphatic carbocycles. The maximum atomic E-state index is 12.5. The maximum absolute atomic E-state index is 12.5. The van der Waals surface area contributed by atoms with Crippen molar-refractivity contribution in [1.29, 1.82) is 0 Å². The largest absolute Gasteiger partial charge is 0.466 e. The second-order valence-corrected chi connectivity index (χ2v) is 6.72. The quantitative estimate of drug-likeness (QED) is 0.634. The number of carbonyl (C=O) groups is 2. The second-order valence-electron chi connectivity index (χ2n) is 6.31. The van der Waals surface area contributed by atoms with Crippen molar-refractivity contribution in [3.8, 4) is 11.5 Å². The average Bonchev–Trinajstić information content (AvgIpc) is 3.26. The monoisotopic (exact) mass is 384 g/mol. The number of ether oxygens (including phenoxy) is 1. The number of nitrogens with zero attached hydrogens (tertiary/aromatic N) is 2. The van der Waals surface area contributed by atoms with Gasteiger partial charge in [0.2, 0.25) is 11.8 Å². The van der Waals surface area contributed by atoms with Crippen molar-refractivity contribution >= 4 is 40.3 Å². The number of benzene rings is 2. The third-order valence-electron chi connectivity index (χ3n) is 4.52. The molecule has 0 radical (unpaired) electrons. The van der Waals surface area contributed by atoms with Crippen molar-refractivity contribution in [2.75, 3.05) is 18.1 Å². The molecular weight excluding hydrogens is 368 g/mol. The number of halogens is 1. The van der Waals surface area contributed by atoms with Crippen LogP contribution in [-0.4, -0.2) is 30.0 Å². The van der Waals surface area contributed by atoms with Gasteiger partial charge in [-0.25, -0.2) is 4.98 Å². The summed E-state index contributed by atoms with van der Waals surface area (Å²) < 4.78 is 10.8. The third-order valence-corrected chi connectivity index (χ3v) is 4.84. The first-order chi connectivity index (χ1) is 13.1. The number of anilines is 1. The van der Waals surface area contributed by atoms with E-state index in [9.17, 15) is 9.59 Å². The Hall–Kier alpha value is -2.86. The van der Waals surface area contributed by atoms with E-state index in [1.165, 1.54) is 4.90 Å². The molecule has 0 bridgehead atoms. The van der Waals surface area contributed by atoms with Crippen LogP contribution < -0.4 is 4.90 Å². The Morgan fingerprint density at radius 2 is 2.15 bits per heavy atom. The van der Waals surface area contributed by atoms with Crippen LogP contribution in [0.1, 0.15) is 13.3 Å². The molecule has 0 N–H and O–H groups in total. The van der Waals surface area contributed by atoms with Gasteiger partial charge in [-0.2, -0.15) is 0 Å². The Labute approximate surface area is 160 Å². The van der Waals surface area contributed by atoms with Crippen LogP contribution in [-0.2, 0) is 14.3 Å². The highest BCUT2D eigenvalue weighted by atomic mass is 35.5. The second kappa shape index (κ2) is 7.04. The Morgan fingerprint density at radius 1 is 1.33 bits per heavy atom. The van der Waals surface area contributed by atoms with E-state index in [0.717, 1.165) is 5.52 Å². The number of esters is 1. The van der Waals surface area contributed by atoms with Gasteiger partial charge in [-0.05, 0) is 37.3 Å². The van der Waals surface area contributed by atoms with Crippen molar-refractivity contribution < 1.29 is 18.7 Å². The predicted octanol–water partition coefficient (Wildman–Crippen LogP) is 4.06. The number of carbonyl (C=O) groups excluding carboxylic acids is 2. The Bertz CT molecular complexity index is 997. The maximum Gasteiger partial charge on any atom is 0.311 e. The van der Waals surface area contributed by atoms with E-state index in [4.69, 9.17) is 20.8 Å². The lowest BCUT2D eigenvalue weighted by atomic mass is 10.1. The van der Waals surface area contributed by atoms with Crippen molar-refractivity contribution in [2.24, 2.45) is 5.92 Å². The zero-order chi connectivity index (χ0) is 19.0. The zero-order valence-electron chi connectivity index (χ0n) is 14.6. The van der Waals surface area contributed by atoms with E-state index < -0.39 is 5.92 Å². The molecular formula is C20H17ClN2O4. The summed E-state index contributed by atoms with van der Waals surface area (Å²) in [6.07, 6.45) is 0.113. The van der Waals surface area contributed by atoms with Crippen molar-refractivity contribution in [2.45, 2.75) is 13.3 Å². The van der Waals surface area contributed by atoms with Crippen LogP contribution in [0.15, 0.2) is 46.9 Å². The fraction of sp³-hybridized carbons (Fsp3) is 0.250. The Kier molecular flexibility index (Phi) is 4.58. The van der Waals surface area contributed by atoms with E-state index in [2.05, 4.69) is 4.98 Å². The summed E-state index contributed by atoms with van der Waals surface area (Å²) in [5.74, 6) is -0.562. The summed E-state index contributed by atoms with van der Waals surface area (Å²) in [5.41, 5.74) is 2.68. The molecule has 1 fully saturated rings. The minimum Gasteiger partial charge on any atom is -0.466 e. The number of aromatic nitrogens is 1. The van der Waals surface area contributed by atoms with Crippen molar-refractivity contribution in [1.82, 2.24) is 4.98 Å². The summed E-state index contributed by atoms with van der Waals surface area (Å²) in [6, 6.07) is 12.7. The first-order valence-electron chi connectivity index (χ1n) is 8.69. The molecule has 2 heterocycles. The molecule has 0 spiro atoms. The molecule has 1 amide bonds. The minimum absolute atomic E-state index is 0.113. The average molecular weight is 385 g/mol. The van der Waals surface area contributed by atoms with Crippen LogP contribution >= 0.6 is 11.6 Å². The topological polar surface area (TPSA) is 72.6 Å². The first kappa shape index (κ1) is 17.5. The summed E-state index contributed by atoms with van der Waals surface area (Å²) in [7, 11) is 0. The molecule has 1 aromatic heterocycles. The SMILES string of the molecule is CCOC(=O)[C@@H]1CC(=O)N(c2cc(-c3nc4ccccc4o3)ccc2Cl)C1. The number of para-hydroxylation sites is 2. The number of rotatable bonds is 4. The lowest BCUT2D eigenvalue weighted by molar-refractivity contribution is -0.147. The predicted molar refractivity (Wildman–Crippen MR) is 102 cm³/mol. The van der Waals surface area contributed by atoms with E-state index in [1.807, 2.05) is 24.3 Å². The van der Waals surface area contributed by atoms with Crippen LogP contribution in [0.5, 0.6) is 0 Å². The van der Waals surface area contributed by atoms with Gasteiger partial charge < -0.3 is 14.1 Å². The lowest BCUT2D eigenvalue weighted by Crippen LogP contribution is -2.26. The normalized spacial score (nSPS) is 16.9. The van der Waals surface area contributed by atoms with Gasteiger partial charge in [-0.15, -0.1) is 0 Å². The van der Waals surface area contributed by atoms with Crippen LogP contribution in [0.4, 0.5) is 5.69 Å². The number of hydrogen-bond acceptors (Lipinski definition) is 5. The van der Waals surface area contributed by atoms with Crippen LogP contribution in [0, 0.1) is 5.92 Å². The molecule has 3 aromatic rings. The van der Waals surface area contributed by atoms with E-state index >= 15 is 0 Å². The van der Waals surface area contributed by atoms with Crippen molar-refractivity contribution in [3.05, 3.63) is 47.5 Å². The Morgan fingerprint density at radius 3 is 2.93 bits per heavy atom. The highest BCUT2D eigenvalue weighted by molar-refractivity contribution is 6.34. The fourth-order valence-corrected chi connectivity index (χ4v) is 3.43. The number of fused-ring (bicyclic) bond motifs is 1. The molecule has 1 aliphatic rings. The van der Waals surface area contributed by atoms with Gasteiger partial charge in [-0.1, -0.05) is 23.7 Å². The number of amides is 1. The number of oxazole rings is 1. The summed E-state index contributed by atoms with van der Waals surface area (Å²) in [6.45, 7) is 2.28. The standard InChI is InChI=1S/C20H17ClN2O4/c1-2-26-20(25)13-10-18(24)23(11-13)16-9-12(7-8-14(16)21)19-22-15-5-3-4-6-17(15)27-19/h3-9,13H,2,10-11H2,1H3/t13-/m1/s1. The molecule has 7 heteroatoms. The molecule has 2 aromatic carbocycles. The van der Waals surface area contributed by atoms with Gasteiger partial charge in [0.15, 0.2) is 5.58 Å². The molecule has 138 valence electrons. The van der Waals surface area contributed by atoms with Gasteiger partial charge in [0.05, 0.1) is 23.2 Å². The fourth-order valence-electron chi connectivity index (χ4n) is 3.21. The number of hydrogen-bond donors (Lipinski definition) is 0.